The minimum absolute atomic E-state index is 0.107. The molecule has 32 heavy (non-hydrogen) atoms. The number of nitrogens with one attached hydrogen (secondary N) is 3. The number of aromatic nitrogens is 1. The maximum Gasteiger partial charge on any atom is 0.404 e. The van der Waals surface area contributed by atoms with Gasteiger partial charge in [-0.25, -0.2) is 18.6 Å². The van der Waals surface area contributed by atoms with Gasteiger partial charge in [-0.2, -0.15) is 13.2 Å². The molecule has 2 unspecified atom stereocenters. The molecule has 3 rings (SSSR count). The number of nitrogens with zero attached hydrogens (tertiary/aromatic N) is 1. The van der Waals surface area contributed by atoms with Crippen molar-refractivity contribution < 1.29 is 31.5 Å². The first-order chi connectivity index (χ1) is 15.0. The molecular formula is C20H17F5N4O2S. The van der Waals surface area contributed by atoms with Crippen LogP contribution in [0, 0.1) is 5.82 Å². The molecule has 0 radical (unpaired) electrons. The molecule has 3 N–H and O–H groups in total. The molecule has 0 spiro atoms. The number of carbonyl (C=O) groups is 2. The van der Waals surface area contributed by atoms with Gasteiger partial charge < -0.3 is 10.6 Å². The van der Waals surface area contributed by atoms with Gasteiger partial charge in [-0.1, -0.05) is 17.4 Å². The summed E-state index contributed by atoms with van der Waals surface area (Å²) in [5, 5.41) is 6.98. The molecule has 0 aliphatic rings. The van der Waals surface area contributed by atoms with Crippen molar-refractivity contribution in [2.75, 3.05) is 17.2 Å². The Morgan fingerprint density at radius 3 is 2.41 bits per heavy atom. The number of fused-ring (bicyclic) bond motifs is 1. The Bertz CT molecular complexity index is 1120. The van der Waals surface area contributed by atoms with E-state index in [9.17, 15) is 31.5 Å². The second kappa shape index (κ2) is 9.47. The third kappa shape index (κ3) is 5.90. The summed E-state index contributed by atoms with van der Waals surface area (Å²) in [5.41, 5.74) is 0.309. The molecule has 12 heteroatoms. The third-order valence-corrected chi connectivity index (χ3v) is 5.15. The lowest BCUT2D eigenvalue weighted by Gasteiger charge is -2.20. The van der Waals surface area contributed by atoms with Gasteiger partial charge in [-0.3, -0.25) is 10.1 Å². The van der Waals surface area contributed by atoms with Crippen LogP contribution < -0.4 is 16.0 Å². The van der Waals surface area contributed by atoms with Crippen molar-refractivity contribution in [2.45, 2.75) is 25.2 Å². The maximum atomic E-state index is 13.5. The molecule has 6 nitrogen and oxygen atoms in total. The van der Waals surface area contributed by atoms with Crippen LogP contribution in [-0.2, 0) is 4.79 Å². The van der Waals surface area contributed by atoms with Gasteiger partial charge in [-0.05, 0) is 48.9 Å². The minimum atomic E-state index is -4.89. The highest BCUT2D eigenvalue weighted by Crippen LogP contribution is 2.37. The van der Waals surface area contributed by atoms with Crippen LogP contribution in [0.15, 0.2) is 42.5 Å². The van der Waals surface area contributed by atoms with Crippen LogP contribution in [0.25, 0.3) is 10.2 Å². The number of thiazole rings is 1. The molecule has 0 bridgehead atoms. The van der Waals surface area contributed by atoms with E-state index < -0.39 is 42.6 Å². The Balaban J connectivity index is 1.78. The standard InChI is InChI=1S/C20H17F5N4O2S/c1-10(21)9-26-17(30)16(20(23,24)25)11-2-7-14-15(8-11)32-19(28-14)29-18(31)27-13-5-3-12(22)4-6-13/h2-8,10,16H,9H2,1H3,(H,26,30)(H2,27,28,29,31). The number of alkyl halides is 4. The highest BCUT2D eigenvalue weighted by molar-refractivity contribution is 7.22. The van der Waals surface area contributed by atoms with E-state index in [1.54, 1.807) is 0 Å². The van der Waals surface area contributed by atoms with E-state index >= 15 is 0 Å². The van der Waals surface area contributed by atoms with E-state index in [-0.39, 0.29) is 10.7 Å². The number of benzene rings is 2. The maximum absolute atomic E-state index is 13.5. The average Bonchev–Trinajstić information content (AvgIpc) is 3.08. The Labute approximate surface area is 182 Å². The van der Waals surface area contributed by atoms with Gasteiger partial charge in [0.05, 0.1) is 10.2 Å². The first-order valence-electron chi connectivity index (χ1n) is 9.25. The Morgan fingerprint density at radius 1 is 1.09 bits per heavy atom. The molecule has 0 aliphatic heterocycles. The molecule has 0 saturated carbocycles. The Morgan fingerprint density at radius 2 is 1.78 bits per heavy atom. The molecule has 1 heterocycles. The molecule has 3 amide bonds. The summed E-state index contributed by atoms with van der Waals surface area (Å²) in [4.78, 5) is 28.3. The predicted octanol–water partition coefficient (Wildman–Crippen LogP) is 5.20. The highest BCUT2D eigenvalue weighted by atomic mass is 32.1. The van der Waals surface area contributed by atoms with Gasteiger partial charge in [0.25, 0.3) is 0 Å². The van der Waals surface area contributed by atoms with Crippen molar-refractivity contribution in [1.29, 1.82) is 0 Å². The summed E-state index contributed by atoms with van der Waals surface area (Å²) in [6.45, 7) is 0.582. The van der Waals surface area contributed by atoms with Crippen LogP contribution in [0.2, 0.25) is 0 Å². The van der Waals surface area contributed by atoms with Crippen molar-refractivity contribution in [3.8, 4) is 0 Å². The lowest BCUT2D eigenvalue weighted by atomic mass is 9.97. The van der Waals surface area contributed by atoms with Crippen LogP contribution in [0.1, 0.15) is 18.4 Å². The van der Waals surface area contributed by atoms with E-state index in [2.05, 4.69) is 15.6 Å². The summed E-state index contributed by atoms with van der Waals surface area (Å²) in [6, 6.07) is 7.93. The van der Waals surface area contributed by atoms with Gasteiger partial charge in [0.2, 0.25) is 5.91 Å². The molecular weight excluding hydrogens is 455 g/mol. The summed E-state index contributed by atoms with van der Waals surface area (Å²) in [7, 11) is 0. The number of urea groups is 1. The summed E-state index contributed by atoms with van der Waals surface area (Å²) >= 11 is 0.909. The molecule has 2 aromatic carbocycles. The highest BCUT2D eigenvalue weighted by Gasteiger charge is 2.46. The van der Waals surface area contributed by atoms with Crippen molar-refractivity contribution >= 4 is 44.3 Å². The topological polar surface area (TPSA) is 83.1 Å². The van der Waals surface area contributed by atoms with Crippen molar-refractivity contribution in [3.63, 3.8) is 0 Å². The fourth-order valence-electron chi connectivity index (χ4n) is 2.80. The van der Waals surface area contributed by atoms with Crippen molar-refractivity contribution in [1.82, 2.24) is 10.3 Å². The molecule has 0 saturated heterocycles. The first-order valence-corrected chi connectivity index (χ1v) is 10.1. The Hall–Kier alpha value is -3.28. The second-order valence-electron chi connectivity index (χ2n) is 6.83. The minimum Gasteiger partial charge on any atom is -0.352 e. The number of anilines is 2. The molecule has 0 fully saturated rings. The van der Waals surface area contributed by atoms with E-state index in [1.807, 2.05) is 5.32 Å². The van der Waals surface area contributed by atoms with Gasteiger partial charge in [0.1, 0.15) is 12.0 Å². The van der Waals surface area contributed by atoms with Crippen molar-refractivity contribution in [3.05, 3.63) is 53.8 Å². The molecule has 2 atom stereocenters. The molecule has 0 aliphatic carbocycles. The van der Waals surface area contributed by atoms with Crippen LogP contribution in [-0.4, -0.2) is 35.8 Å². The lowest BCUT2D eigenvalue weighted by molar-refractivity contribution is -0.165. The van der Waals surface area contributed by atoms with Crippen LogP contribution in [0.3, 0.4) is 0 Å². The monoisotopic (exact) mass is 472 g/mol. The second-order valence-corrected chi connectivity index (χ2v) is 7.86. The summed E-state index contributed by atoms with van der Waals surface area (Å²) in [5.74, 6) is -4.31. The predicted molar refractivity (Wildman–Crippen MR) is 111 cm³/mol. The largest absolute Gasteiger partial charge is 0.404 e. The van der Waals surface area contributed by atoms with E-state index in [0.717, 1.165) is 42.5 Å². The zero-order valence-corrected chi connectivity index (χ0v) is 17.3. The van der Waals surface area contributed by atoms with Crippen molar-refractivity contribution in [2.24, 2.45) is 0 Å². The SMILES string of the molecule is CC(F)CNC(=O)C(c1ccc2nc(NC(=O)Nc3ccc(F)cc3)sc2c1)C(F)(F)F. The first kappa shape index (κ1) is 23.4. The normalized spacial score (nSPS) is 13.4. The van der Waals surface area contributed by atoms with Gasteiger partial charge in [-0.15, -0.1) is 0 Å². The number of hydrogen-bond acceptors (Lipinski definition) is 4. The van der Waals surface area contributed by atoms with Crippen LogP contribution in [0.5, 0.6) is 0 Å². The zero-order valence-electron chi connectivity index (χ0n) is 16.5. The average molecular weight is 472 g/mol. The smallest absolute Gasteiger partial charge is 0.352 e. The van der Waals surface area contributed by atoms with Gasteiger partial charge in [0, 0.05) is 12.2 Å². The number of amides is 3. The fraction of sp³-hybridized carbons (Fsp3) is 0.250. The summed E-state index contributed by atoms with van der Waals surface area (Å²) in [6.07, 6.45) is -6.38. The third-order valence-electron chi connectivity index (χ3n) is 4.22. The van der Waals surface area contributed by atoms with E-state index in [4.69, 9.17) is 0 Å². The Kier molecular flexibility index (Phi) is 6.92. The quantitative estimate of drug-likeness (QED) is 0.432. The fourth-order valence-corrected chi connectivity index (χ4v) is 3.71. The molecule has 1 aromatic heterocycles. The number of halogens is 5. The number of hydrogen-bond donors (Lipinski definition) is 3. The van der Waals surface area contributed by atoms with E-state index in [1.165, 1.54) is 18.2 Å². The molecule has 3 aromatic rings. The van der Waals surface area contributed by atoms with Crippen LogP contribution >= 0.6 is 11.3 Å². The summed E-state index contributed by atoms with van der Waals surface area (Å²) < 4.78 is 66.8. The van der Waals surface area contributed by atoms with Gasteiger partial charge in [0.15, 0.2) is 11.0 Å². The van der Waals surface area contributed by atoms with Crippen LogP contribution in [0.4, 0.5) is 37.6 Å². The van der Waals surface area contributed by atoms with E-state index in [0.29, 0.717) is 15.9 Å². The molecule has 170 valence electrons. The number of rotatable bonds is 6. The number of carbonyl (C=O) groups excluding carboxylic acids is 2. The van der Waals surface area contributed by atoms with Gasteiger partial charge >= 0.3 is 12.2 Å². The lowest BCUT2D eigenvalue weighted by Crippen LogP contribution is -2.39. The zero-order chi connectivity index (χ0) is 23.5.